The van der Waals surface area contributed by atoms with E-state index < -0.39 is 54.2 Å². The Kier molecular flexibility index (Phi) is 8.59. The lowest BCUT2D eigenvalue weighted by Gasteiger charge is -2.40. The summed E-state index contributed by atoms with van der Waals surface area (Å²) in [7, 11) is -16.5. The van der Waals surface area contributed by atoms with Crippen LogP contribution in [0.2, 0.25) is 0 Å². The first-order chi connectivity index (χ1) is 16.0. The Morgan fingerprint density at radius 2 is 1.83 bits per heavy atom. The van der Waals surface area contributed by atoms with Gasteiger partial charge in [0.25, 0.3) is 0 Å². The Morgan fingerprint density at radius 1 is 1.20 bits per heavy atom. The Bertz CT molecular complexity index is 1260. The van der Waals surface area contributed by atoms with Gasteiger partial charge in [-0.15, -0.1) is 6.42 Å². The molecule has 22 heteroatoms. The number of ether oxygens (including phenoxy) is 1. The van der Waals surface area contributed by atoms with E-state index in [4.69, 9.17) is 26.7 Å². The quantitative estimate of drug-likeness (QED) is 0.117. The van der Waals surface area contributed by atoms with Crippen LogP contribution in [-0.2, 0) is 37.3 Å². The van der Waals surface area contributed by atoms with E-state index in [1.807, 2.05) is 0 Å². The molecule has 0 spiro atoms. The van der Waals surface area contributed by atoms with E-state index >= 15 is 0 Å². The van der Waals surface area contributed by atoms with Crippen LogP contribution in [-0.4, -0.2) is 81.4 Å². The highest BCUT2D eigenvalue weighted by Gasteiger charge is 2.54. The van der Waals surface area contributed by atoms with Crippen LogP contribution in [0.4, 0.5) is 10.2 Å². The van der Waals surface area contributed by atoms with Crippen molar-refractivity contribution in [3.05, 3.63) is 12.7 Å². The Labute approximate surface area is 194 Å². The number of nitrogen functional groups attached to an aromatic ring is 1. The molecule has 0 fully saturated rings. The number of phosphoric acid groups is 3. The molecule has 0 aromatic carbocycles. The van der Waals surface area contributed by atoms with Gasteiger partial charge in [0.05, 0.1) is 6.61 Å². The number of aliphatic hydroxyl groups is 2. The number of aromatic nitrogens is 4. The Hall–Kier alpha value is -1.87. The lowest BCUT2D eigenvalue weighted by molar-refractivity contribution is -0.209. The fourth-order valence-corrected chi connectivity index (χ4v) is 5.74. The molecule has 2 aromatic rings. The van der Waals surface area contributed by atoms with E-state index in [2.05, 4.69) is 28.1 Å². The molecule has 18 nitrogen and oxygen atoms in total. The Balaban J connectivity index is 2.39. The van der Waals surface area contributed by atoms with Crippen molar-refractivity contribution in [2.24, 2.45) is 0 Å². The molecule has 0 aliphatic carbocycles. The number of alkyl halides is 1. The van der Waals surface area contributed by atoms with Crippen molar-refractivity contribution in [1.82, 2.24) is 19.5 Å². The van der Waals surface area contributed by atoms with E-state index in [1.165, 1.54) is 0 Å². The molecule has 0 saturated carbocycles. The second-order valence-electron chi connectivity index (χ2n) is 6.59. The minimum Gasteiger partial charge on any atom is -0.384 e. The topological polar surface area (TPSA) is 279 Å². The number of fused-ring (bicyclic) bond motifs is 1. The number of hydrogen-bond donors (Lipinski definition) is 7. The van der Waals surface area contributed by atoms with Crippen LogP contribution in [0.25, 0.3) is 11.2 Å². The van der Waals surface area contributed by atoms with Crippen molar-refractivity contribution < 1.29 is 65.8 Å². The van der Waals surface area contributed by atoms with Crippen LogP contribution in [0.5, 0.6) is 0 Å². The first-order valence-electron chi connectivity index (χ1n) is 8.67. The number of hydrogen-bond acceptors (Lipinski definition) is 13. The van der Waals surface area contributed by atoms with E-state index in [9.17, 15) is 38.1 Å². The van der Waals surface area contributed by atoms with Gasteiger partial charge in [-0.1, -0.05) is 0 Å². The maximum absolute atomic E-state index is 14.1. The standard InChI is InChI=1S/C13H19FN5O13P3/c1-3-13(21,19-7-18-8-9(15)16-6-17-10(8)19)11(20)12(4-14,29-2)5-30-34(25,26)32-35(27,28)31-33(22,23)24/h1,6-7,11,20-21H,4-5H2,2H3,(H,25,26)(H,27,28)(H2,15,16,17)(H2,22,23,24)/t11-,12-,13-/m1/s1. The van der Waals surface area contributed by atoms with Gasteiger partial charge < -0.3 is 40.3 Å². The molecule has 5 atom stereocenters. The molecule has 0 aliphatic rings. The molecule has 0 bridgehead atoms. The molecule has 0 radical (unpaired) electrons. The zero-order valence-corrected chi connectivity index (χ0v) is 20.0. The number of methoxy groups -OCH3 is 1. The number of aliphatic hydroxyl groups excluding tert-OH is 1. The lowest BCUT2D eigenvalue weighted by atomic mass is 9.90. The average Bonchev–Trinajstić information content (AvgIpc) is 3.17. The molecule has 0 aliphatic heterocycles. The van der Waals surface area contributed by atoms with Crippen LogP contribution in [0, 0.1) is 12.3 Å². The number of imidazole rings is 1. The number of phosphoric ester groups is 1. The second-order valence-corrected chi connectivity index (χ2v) is 11.0. The van der Waals surface area contributed by atoms with Gasteiger partial charge in [-0.3, -0.25) is 9.09 Å². The molecular formula is C13H19FN5O13P3. The van der Waals surface area contributed by atoms with Crippen molar-refractivity contribution in [2.45, 2.75) is 17.4 Å². The number of terminal acetylenes is 1. The zero-order valence-electron chi connectivity index (χ0n) is 17.4. The predicted octanol–water partition coefficient (Wildman–Crippen LogP) is -1.25. The first-order valence-corrected chi connectivity index (χ1v) is 13.2. The average molecular weight is 565 g/mol. The van der Waals surface area contributed by atoms with Gasteiger partial charge in [0.2, 0.25) is 5.72 Å². The molecule has 2 rings (SSSR count). The van der Waals surface area contributed by atoms with E-state index in [0.717, 1.165) is 19.8 Å². The number of anilines is 1. The minimum absolute atomic E-state index is 0.0649. The summed E-state index contributed by atoms with van der Waals surface area (Å²) in [6.07, 6.45) is 4.68. The van der Waals surface area contributed by atoms with Crippen molar-refractivity contribution in [3.8, 4) is 12.3 Å². The maximum atomic E-state index is 14.1. The fraction of sp³-hybridized carbons (Fsp3) is 0.462. The summed E-state index contributed by atoms with van der Waals surface area (Å²) in [4.78, 5) is 47.3. The van der Waals surface area contributed by atoms with Gasteiger partial charge in [-0.2, -0.15) is 8.62 Å². The monoisotopic (exact) mass is 565 g/mol. The Morgan fingerprint density at radius 3 is 2.34 bits per heavy atom. The summed E-state index contributed by atoms with van der Waals surface area (Å²) in [5.41, 5.74) is -0.311. The molecule has 2 aromatic heterocycles. The summed E-state index contributed by atoms with van der Waals surface area (Å²) in [5, 5.41) is 21.9. The third-order valence-electron chi connectivity index (χ3n) is 4.34. The first kappa shape index (κ1) is 29.4. The molecule has 0 amide bonds. The summed E-state index contributed by atoms with van der Waals surface area (Å²) in [6.45, 7) is -3.24. The normalized spacial score (nSPS) is 20.2. The minimum atomic E-state index is -5.89. The van der Waals surface area contributed by atoms with Crippen molar-refractivity contribution >= 4 is 40.4 Å². The molecule has 2 unspecified atom stereocenters. The highest BCUT2D eigenvalue weighted by molar-refractivity contribution is 7.66. The van der Waals surface area contributed by atoms with Gasteiger partial charge in [-0.05, 0) is 5.92 Å². The van der Waals surface area contributed by atoms with E-state index in [1.54, 1.807) is 5.92 Å². The number of rotatable bonds is 12. The molecular weight excluding hydrogens is 546 g/mol. The van der Waals surface area contributed by atoms with Gasteiger partial charge >= 0.3 is 23.5 Å². The lowest BCUT2D eigenvalue weighted by Crippen LogP contribution is -2.61. The van der Waals surface area contributed by atoms with Crippen molar-refractivity contribution in [2.75, 3.05) is 26.1 Å². The third-order valence-corrected chi connectivity index (χ3v) is 8.12. The highest BCUT2D eigenvalue weighted by atomic mass is 31.3. The summed E-state index contributed by atoms with van der Waals surface area (Å²) < 4.78 is 65.3. The third kappa shape index (κ3) is 6.47. The molecule has 2 heterocycles. The largest absolute Gasteiger partial charge is 0.490 e. The highest BCUT2D eigenvalue weighted by Crippen LogP contribution is 2.66. The van der Waals surface area contributed by atoms with Gasteiger partial charge in [-0.25, -0.2) is 33.0 Å². The van der Waals surface area contributed by atoms with Crippen LogP contribution in [0.1, 0.15) is 0 Å². The number of halogens is 1. The molecule has 0 saturated heterocycles. The fourth-order valence-electron chi connectivity index (χ4n) is 2.66. The summed E-state index contributed by atoms with van der Waals surface area (Å²) in [6, 6.07) is 0. The second kappa shape index (κ2) is 10.2. The summed E-state index contributed by atoms with van der Waals surface area (Å²) in [5.74, 6) is 1.66. The van der Waals surface area contributed by atoms with Gasteiger partial charge in [0.15, 0.2) is 17.1 Å². The number of nitrogens with two attached hydrogens (primary N) is 1. The molecule has 35 heavy (non-hydrogen) atoms. The van der Waals surface area contributed by atoms with Crippen LogP contribution in [0.3, 0.4) is 0 Å². The maximum Gasteiger partial charge on any atom is 0.490 e. The van der Waals surface area contributed by atoms with Crippen LogP contribution < -0.4 is 5.73 Å². The van der Waals surface area contributed by atoms with Crippen LogP contribution in [0.15, 0.2) is 12.7 Å². The SMILES string of the molecule is C#C[C@@](O)([C@H](O)[C@@](CF)(COP(=O)(O)OP(=O)(O)OP(=O)(O)O)OC)n1cnc2c(N)ncnc21. The smallest absolute Gasteiger partial charge is 0.384 e. The van der Waals surface area contributed by atoms with Gasteiger partial charge in [0.1, 0.15) is 30.9 Å². The van der Waals surface area contributed by atoms with Crippen molar-refractivity contribution in [1.29, 1.82) is 0 Å². The van der Waals surface area contributed by atoms with E-state index in [0.29, 0.717) is 4.57 Å². The summed E-state index contributed by atoms with van der Waals surface area (Å²) >= 11 is 0. The molecule has 196 valence electrons. The molecule has 8 N–H and O–H groups in total. The van der Waals surface area contributed by atoms with Crippen LogP contribution >= 0.6 is 23.5 Å². The van der Waals surface area contributed by atoms with E-state index in [-0.39, 0.29) is 17.0 Å². The zero-order chi connectivity index (χ0) is 26.9. The van der Waals surface area contributed by atoms with Gasteiger partial charge in [0, 0.05) is 7.11 Å². The predicted molar refractivity (Wildman–Crippen MR) is 110 cm³/mol. The van der Waals surface area contributed by atoms with Crippen molar-refractivity contribution in [3.63, 3.8) is 0 Å². The number of nitrogens with zero attached hydrogens (tertiary/aromatic N) is 4.